The van der Waals surface area contributed by atoms with Crippen LogP contribution < -0.4 is 0 Å². The Balaban J connectivity index is 2.32. The van der Waals surface area contributed by atoms with Crippen molar-refractivity contribution >= 4 is 6.29 Å². The molecule has 1 aliphatic rings. The number of benzene rings is 1. The average molecular weight is 184 g/mol. The molecule has 0 aromatic heterocycles. The van der Waals surface area contributed by atoms with Crippen LogP contribution in [0.1, 0.15) is 34.3 Å². The molecule has 0 radical (unpaired) electrons. The van der Waals surface area contributed by atoms with Crippen molar-refractivity contribution in [3.63, 3.8) is 0 Å². The molecule has 0 heterocycles. The Hall–Kier alpha value is -1.55. The molecule has 0 spiro atoms. The van der Waals surface area contributed by atoms with E-state index in [2.05, 4.69) is 11.8 Å². The summed E-state index contributed by atoms with van der Waals surface area (Å²) in [5, 5.41) is 0. The van der Waals surface area contributed by atoms with E-state index in [1.807, 2.05) is 25.1 Å². The van der Waals surface area contributed by atoms with Crippen molar-refractivity contribution in [2.45, 2.75) is 19.8 Å². The van der Waals surface area contributed by atoms with E-state index < -0.39 is 0 Å². The van der Waals surface area contributed by atoms with Crippen LogP contribution in [0.3, 0.4) is 0 Å². The summed E-state index contributed by atoms with van der Waals surface area (Å²) in [6.45, 7) is 1.98. The maximum atomic E-state index is 10.8. The number of aldehydes is 1. The van der Waals surface area contributed by atoms with Crippen LogP contribution in [0.2, 0.25) is 0 Å². The Morgan fingerprint density at radius 2 is 2.21 bits per heavy atom. The van der Waals surface area contributed by atoms with Crippen LogP contribution in [0.5, 0.6) is 0 Å². The van der Waals surface area contributed by atoms with Crippen LogP contribution in [-0.4, -0.2) is 6.29 Å². The molecule has 0 N–H and O–H groups in total. The Morgan fingerprint density at radius 1 is 1.43 bits per heavy atom. The highest BCUT2D eigenvalue weighted by atomic mass is 16.1. The summed E-state index contributed by atoms with van der Waals surface area (Å²) in [5.74, 6) is 6.81. The fourth-order valence-electron chi connectivity index (χ4n) is 1.30. The van der Waals surface area contributed by atoms with Gasteiger partial charge < -0.3 is 0 Å². The van der Waals surface area contributed by atoms with E-state index in [0.29, 0.717) is 11.5 Å². The zero-order valence-corrected chi connectivity index (χ0v) is 8.21. The van der Waals surface area contributed by atoms with Gasteiger partial charge in [-0.15, -0.1) is 0 Å². The van der Waals surface area contributed by atoms with Gasteiger partial charge in [-0.25, -0.2) is 0 Å². The predicted molar refractivity (Wildman–Crippen MR) is 56.2 cm³/mol. The van der Waals surface area contributed by atoms with E-state index in [4.69, 9.17) is 0 Å². The normalized spacial score (nSPS) is 14.4. The summed E-state index contributed by atoms with van der Waals surface area (Å²) >= 11 is 0. The summed E-state index contributed by atoms with van der Waals surface area (Å²) in [5.41, 5.74) is 2.67. The number of rotatable bonds is 1. The molecule has 0 unspecified atom stereocenters. The number of hydrogen-bond donors (Lipinski definition) is 0. The van der Waals surface area contributed by atoms with Gasteiger partial charge in [0.1, 0.15) is 0 Å². The second-order valence-electron chi connectivity index (χ2n) is 3.75. The van der Waals surface area contributed by atoms with Gasteiger partial charge in [0.2, 0.25) is 0 Å². The van der Waals surface area contributed by atoms with Crippen molar-refractivity contribution in [2.75, 3.05) is 0 Å². The first-order chi connectivity index (χ1) is 6.79. The monoisotopic (exact) mass is 184 g/mol. The SMILES string of the molecule is Cc1ccc(C#CC2CC2)c(C=O)c1. The minimum Gasteiger partial charge on any atom is -0.298 e. The lowest BCUT2D eigenvalue weighted by atomic mass is 10.1. The van der Waals surface area contributed by atoms with Crippen molar-refractivity contribution in [2.24, 2.45) is 5.92 Å². The van der Waals surface area contributed by atoms with Crippen molar-refractivity contribution < 1.29 is 4.79 Å². The molecule has 1 aromatic carbocycles. The molecule has 1 fully saturated rings. The lowest BCUT2D eigenvalue weighted by molar-refractivity contribution is 0.112. The van der Waals surface area contributed by atoms with Crippen molar-refractivity contribution in [3.05, 3.63) is 34.9 Å². The van der Waals surface area contributed by atoms with E-state index in [0.717, 1.165) is 17.4 Å². The molecule has 1 heteroatoms. The molecule has 70 valence electrons. The molecular formula is C13H12O. The first-order valence-corrected chi connectivity index (χ1v) is 4.87. The summed E-state index contributed by atoms with van der Waals surface area (Å²) in [6, 6.07) is 5.79. The minimum absolute atomic E-state index is 0.579. The van der Waals surface area contributed by atoms with Crippen LogP contribution in [0.25, 0.3) is 0 Å². The van der Waals surface area contributed by atoms with Crippen LogP contribution in [0, 0.1) is 24.7 Å². The molecule has 1 saturated carbocycles. The largest absolute Gasteiger partial charge is 0.298 e. The zero-order chi connectivity index (χ0) is 9.97. The molecule has 1 aromatic rings. The number of aryl methyl sites for hydroxylation is 1. The molecule has 2 rings (SSSR count). The summed E-state index contributed by atoms with van der Waals surface area (Å²) in [6.07, 6.45) is 3.31. The second kappa shape index (κ2) is 3.67. The molecule has 0 atom stereocenters. The van der Waals surface area contributed by atoms with E-state index in [1.54, 1.807) is 0 Å². The first kappa shape index (κ1) is 9.02. The highest BCUT2D eigenvalue weighted by Crippen LogP contribution is 2.27. The van der Waals surface area contributed by atoms with Gasteiger partial charge in [-0.2, -0.15) is 0 Å². The van der Waals surface area contributed by atoms with E-state index >= 15 is 0 Å². The standard InChI is InChI=1S/C13H12O/c1-10-2-6-12(13(8-10)9-14)7-5-11-3-4-11/h2,6,8-9,11H,3-4H2,1H3. The van der Waals surface area contributed by atoms with Crippen molar-refractivity contribution in [1.82, 2.24) is 0 Å². The Kier molecular flexibility index (Phi) is 2.37. The third kappa shape index (κ3) is 2.03. The van der Waals surface area contributed by atoms with E-state index in [1.165, 1.54) is 12.8 Å². The van der Waals surface area contributed by atoms with Crippen molar-refractivity contribution in [1.29, 1.82) is 0 Å². The Bertz CT molecular complexity index is 417. The summed E-state index contributed by atoms with van der Waals surface area (Å²) < 4.78 is 0. The summed E-state index contributed by atoms with van der Waals surface area (Å²) in [4.78, 5) is 10.8. The van der Waals surface area contributed by atoms with Crippen LogP contribution in [0.4, 0.5) is 0 Å². The van der Waals surface area contributed by atoms with E-state index in [-0.39, 0.29) is 0 Å². The third-order valence-electron chi connectivity index (χ3n) is 2.32. The van der Waals surface area contributed by atoms with Gasteiger partial charge in [-0.1, -0.05) is 23.5 Å². The lowest BCUT2D eigenvalue weighted by Crippen LogP contribution is -1.88. The van der Waals surface area contributed by atoms with Gasteiger partial charge in [0.15, 0.2) is 6.29 Å². The fraction of sp³-hybridized carbons (Fsp3) is 0.308. The zero-order valence-electron chi connectivity index (χ0n) is 8.21. The first-order valence-electron chi connectivity index (χ1n) is 4.87. The molecule has 14 heavy (non-hydrogen) atoms. The quantitative estimate of drug-likeness (QED) is 0.484. The number of carbonyl (C=O) groups excluding carboxylic acids is 1. The van der Waals surface area contributed by atoms with Crippen LogP contribution in [-0.2, 0) is 0 Å². The Labute approximate surface area is 84.1 Å². The van der Waals surface area contributed by atoms with Gasteiger partial charge in [0.05, 0.1) is 0 Å². The molecule has 0 amide bonds. The smallest absolute Gasteiger partial charge is 0.151 e. The van der Waals surface area contributed by atoms with Gasteiger partial charge in [0.25, 0.3) is 0 Å². The van der Waals surface area contributed by atoms with Crippen molar-refractivity contribution in [3.8, 4) is 11.8 Å². The topological polar surface area (TPSA) is 17.1 Å². The Morgan fingerprint density at radius 3 is 2.86 bits per heavy atom. The van der Waals surface area contributed by atoms with E-state index in [9.17, 15) is 4.79 Å². The van der Waals surface area contributed by atoms with Gasteiger partial charge in [0, 0.05) is 17.0 Å². The number of hydrogen-bond acceptors (Lipinski definition) is 1. The number of carbonyl (C=O) groups is 1. The minimum atomic E-state index is 0.579. The van der Waals surface area contributed by atoms with Gasteiger partial charge in [-0.3, -0.25) is 4.79 Å². The van der Waals surface area contributed by atoms with Gasteiger partial charge >= 0.3 is 0 Å². The summed E-state index contributed by atoms with van der Waals surface area (Å²) in [7, 11) is 0. The second-order valence-corrected chi connectivity index (χ2v) is 3.75. The maximum Gasteiger partial charge on any atom is 0.151 e. The predicted octanol–water partition coefficient (Wildman–Crippen LogP) is 2.57. The third-order valence-corrected chi connectivity index (χ3v) is 2.32. The lowest BCUT2D eigenvalue weighted by Gasteiger charge is -1.97. The molecule has 0 aliphatic heterocycles. The maximum absolute atomic E-state index is 10.8. The molecule has 0 bridgehead atoms. The fourth-order valence-corrected chi connectivity index (χ4v) is 1.30. The van der Waals surface area contributed by atoms with Crippen LogP contribution >= 0.6 is 0 Å². The van der Waals surface area contributed by atoms with Gasteiger partial charge in [-0.05, 0) is 31.9 Å². The average Bonchev–Trinajstić information content (AvgIpc) is 2.99. The molecule has 0 saturated heterocycles. The molecule has 1 aliphatic carbocycles. The highest BCUT2D eigenvalue weighted by Gasteiger charge is 2.17. The molecule has 1 nitrogen and oxygen atoms in total. The highest BCUT2D eigenvalue weighted by molar-refractivity contribution is 5.79. The van der Waals surface area contributed by atoms with Crippen LogP contribution in [0.15, 0.2) is 18.2 Å². The molecular weight excluding hydrogens is 172 g/mol.